The fraction of sp³-hybridized carbons (Fsp3) is 0.435. The largest absolute Gasteiger partial charge is 0.493 e. The number of hydrogen-bond donors (Lipinski definition) is 0. The third-order valence-corrected chi connectivity index (χ3v) is 5.55. The summed E-state index contributed by atoms with van der Waals surface area (Å²) in [6, 6.07) is 8.18. The molecule has 5 rings (SSSR count). The third kappa shape index (κ3) is 2.64. The average Bonchev–Trinajstić information content (AvgIpc) is 3.21. The Hall–Kier alpha value is -2.69. The third-order valence-electron chi connectivity index (χ3n) is 5.55. The number of rotatable bonds is 2. The highest BCUT2D eigenvalue weighted by Crippen LogP contribution is 2.48. The van der Waals surface area contributed by atoms with Gasteiger partial charge < -0.3 is 18.9 Å². The molecule has 3 aliphatic rings. The molecule has 0 amide bonds. The van der Waals surface area contributed by atoms with E-state index in [9.17, 15) is 0 Å². The Labute approximate surface area is 165 Å². The zero-order valence-corrected chi connectivity index (χ0v) is 17.0. The van der Waals surface area contributed by atoms with Gasteiger partial charge in [0.2, 0.25) is 6.79 Å². The van der Waals surface area contributed by atoms with E-state index in [1.165, 1.54) is 16.7 Å². The summed E-state index contributed by atoms with van der Waals surface area (Å²) in [6.45, 7) is 8.83. The van der Waals surface area contributed by atoms with Gasteiger partial charge in [0.1, 0.15) is 5.60 Å². The second kappa shape index (κ2) is 5.66. The molecule has 0 radical (unpaired) electrons. The lowest BCUT2D eigenvalue weighted by molar-refractivity contribution is 0.134. The summed E-state index contributed by atoms with van der Waals surface area (Å²) in [4.78, 5) is 5.16. The molecular weight excluding hydrogens is 354 g/mol. The predicted molar refractivity (Wildman–Crippen MR) is 107 cm³/mol. The number of aliphatic imine (C=N–C) groups is 1. The molecule has 0 bridgehead atoms. The summed E-state index contributed by atoms with van der Waals surface area (Å²) in [5.41, 5.74) is 5.18. The van der Waals surface area contributed by atoms with Gasteiger partial charge in [0.15, 0.2) is 23.0 Å². The molecule has 0 saturated heterocycles. The zero-order valence-electron chi connectivity index (χ0n) is 17.0. The van der Waals surface area contributed by atoms with Gasteiger partial charge in [-0.15, -0.1) is 0 Å². The molecule has 0 aliphatic carbocycles. The summed E-state index contributed by atoms with van der Waals surface area (Å²) < 4.78 is 23.0. The molecule has 0 unspecified atom stereocenters. The van der Waals surface area contributed by atoms with E-state index in [4.69, 9.17) is 23.9 Å². The molecule has 2 aromatic rings. The number of nitrogens with zero attached hydrogens (tertiary/aromatic N) is 1. The second-order valence-corrected chi connectivity index (χ2v) is 8.98. The van der Waals surface area contributed by atoms with Crippen LogP contribution in [-0.2, 0) is 12.8 Å². The Morgan fingerprint density at radius 1 is 1.00 bits per heavy atom. The van der Waals surface area contributed by atoms with E-state index in [-0.39, 0.29) is 17.9 Å². The van der Waals surface area contributed by atoms with E-state index < -0.39 is 0 Å². The van der Waals surface area contributed by atoms with Crippen LogP contribution in [-0.4, -0.2) is 30.8 Å². The van der Waals surface area contributed by atoms with Crippen LogP contribution in [0.1, 0.15) is 49.9 Å². The first-order valence-electron chi connectivity index (χ1n) is 9.68. The van der Waals surface area contributed by atoms with Gasteiger partial charge in [-0.3, -0.25) is 4.99 Å². The molecule has 146 valence electrons. The minimum Gasteiger partial charge on any atom is -0.493 e. The van der Waals surface area contributed by atoms with Crippen molar-refractivity contribution in [1.82, 2.24) is 0 Å². The first-order valence-corrected chi connectivity index (χ1v) is 9.68. The maximum absolute atomic E-state index is 6.27. The molecule has 5 heteroatoms. The smallest absolute Gasteiger partial charge is 0.231 e. The number of hydrogen-bond acceptors (Lipinski definition) is 5. The van der Waals surface area contributed by atoms with Crippen LogP contribution in [0.3, 0.4) is 0 Å². The van der Waals surface area contributed by atoms with Crippen molar-refractivity contribution in [1.29, 1.82) is 0 Å². The summed E-state index contributed by atoms with van der Waals surface area (Å²) in [6.07, 6.45) is 1.69. The minimum atomic E-state index is -0.266. The van der Waals surface area contributed by atoms with Crippen LogP contribution in [0.4, 0.5) is 0 Å². The van der Waals surface area contributed by atoms with Crippen LogP contribution >= 0.6 is 0 Å². The van der Waals surface area contributed by atoms with Gasteiger partial charge in [-0.25, -0.2) is 0 Å². The molecule has 3 aliphatic heterocycles. The van der Waals surface area contributed by atoms with Crippen molar-refractivity contribution >= 4 is 5.71 Å². The molecule has 2 aromatic carbocycles. The Bertz CT molecular complexity index is 1020. The van der Waals surface area contributed by atoms with E-state index in [2.05, 4.69) is 39.8 Å². The monoisotopic (exact) mass is 379 g/mol. The van der Waals surface area contributed by atoms with Crippen molar-refractivity contribution in [2.75, 3.05) is 13.9 Å². The van der Waals surface area contributed by atoms with Gasteiger partial charge in [0.25, 0.3) is 0 Å². The summed E-state index contributed by atoms with van der Waals surface area (Å²) in [5.74, 6) is 3.21. The van der Waals surface area contributed by atoms with Crippen molar-refractivity contribution in [3.63, 3.8) is 0 Å². The summed E-state index contributed by atoms with van der Waals surface area (Å²) in [7, 11) is 1.71. The maximum atomic E-state index is 6.27. The Balaban J connectivity index is 1.74. The van der Waals surface area contributed by atoms with Gasteiger partial charge in [0, 0.05) is 23.1 Å². The standard InChI is InChI=1S/C23H25NO4/c1-22(2)10-14-9-18(25-5)21-15(11-23(3,4)28-21)19(14)20(24-22)13-6-7-16-17(8-13)27-12-26-16/h6-9H,10-12H2,1-5H3. The van der Waals surface area contributed by atoms with Crippen LogP contribution in [0.15, 0.2) is 29.3 Å². The van der Waals surface area contributed by atoms with E-state index in [0.717, 1.165) is 47.1 Å². The Kier molecular flexibility index (Phi) is 3.52. The molecule has 0 saturated carbocycles. The van der Waals surface area contributed by atoms with E-state index in [1.54, 1.807) is 7.11 Å². The van der Waals surface area contributed by atoms with Gasteiger partial charge in [0.05, 0.1) is 18.4 Å². The minimum absolute atomic E-state index is 0.201. The number of methoxy groups -OCH3 is 1. The fourth-order valence-corrected chi connectivity index (χ4v) is 4.47. The number of ether oxygens (including phenoxy) is 4. The molecule has 3 heterocycles. The molecule has 0 spiro atoms. The lowest BCUT2D eigenvalue weighted by atomic mass is 9.81. The van der Waals surface area contributed by atoms with Crippen LogP contribution in [0, 0.1) is 0 Å². The highest BCUT2D eigenvalue weighted by molar-refractivity contribution is 6.16. The van der Waals surface area contributed by atoms with E-state index in [0.29, 0.717) is 0 Å². The lowest BCUT2D eigenvalue weighted by Crippen LogP contribution is -2.30. The lowest BCUT2D eigenvalue weighted by Gasteiger charge is -2.31. The van der Waals surface area contributed by atoms with E-state index >= 15 is 0 Å². The SMILES string of the molecule is COc1cc2c(c3c1OC(C)(C)C3)C(c1ccc3c(c1)OCO3)=NC(C)(C)C2. The molecule has 5 nitrogen and oxygen atoms in total. The summed E-state index contributed by atoms with van der Waals surface area (Å²) in [5, 5.41) is 0. The predicted octanol–water partition coefficient (Wildman–Crippen LogP) is 4.31. The molecule has 0 atom stereocenters. The molecule has 28 heavy (non-hydrogen) atoms. The first kappa shape index (κ1) is 17.4. The van der Waals surface area contributed by atoms with E-state index in [1.807, 2.05) is 12.1 Å². The maximum Gasteiger partial charge on any atom is 0.231 e. The van der Waals surface area contributed by atoms with Gasteiger partial charge in [-0.05, 0) is 63.9 Å². The second-order valence-electron chi connectivity index (χ2n) is 8.98. The van der Waals surface area contributed by atoms with Crippen LogP contribution in [0.5, 0.6) is 23.0 Å². The quantitative estimate of drug-likeness (QED) is 0.780. The number of fused-ring (bicyclic) bond motifs is 4. The van der Waals surface area contributed by atoms with Crippen molar-refractivity contribution in [3.8, 4) is 23.0 Å². The molecule has 0 aromatic heterocycles. The van der Waals surface area contributed by atoms with Crippen LogP contribution in [0.25, 0.3) is 0 Å². The number of benzene rings is 2. The van der Waals surface area contributed by atoms with Crippen molar-refractivity contribution in [3.05, 3.63) is 46.5 Å². The van der Waals surface area contributed by atoms with Crippen molar-refractivity contribution in [2.24, 2.45) is 4.99 Å². The van der Waals surface area contributed by atoms with Gasteiger partial charge >= 0.3 is 0 Å². The Morgan fingerprint density at radius 3 is 2.57 bits per heavy atom. The van der Waals surface area contributed by atoms with Crippen molar-refractivity contribution < 1.29 is 18.9 Å². The van der Waals surface area contributed by atoms with Gasteiger partial charge in [-0.1, -0.05) is 0 Å². The normalized spacial score (nSPS) is 20.1. The fourth-order valence-electron chi connectivity index (χ4n) is 4.47. The molecular formula is C23H25NO4. The molecule has 0 N–H and O–H groups in total. The van der Waals surface area contributed by atoms with Crippen LogP contribution < -0.4 is 18.9 Å². The first-order chi connectivity index (χ1) is 13.3. The molecule has 0 fully saturated rings. The highest BCUT2D eigenvalue weighted by atomic mass is 16.7. The van der Waals surface area contributed by atoms with Crippen LogP contribution in [0.2, 0.25) is 0 Å². The zero-order chi connectivity index (χ0) is 19.7. The topological polar surface area (TPSA) is 49.3 Å². The Morgan fingerprint density at radius 2 is 1.79 bits per heavy atom. The average molecular weight is 379 g/mol. The summed E-state index contributed by atoms with van der Waals surface area (Å²) >= 11 is 0. The van der Waals surface area contributed by atoms with Crippen molar-refractivity contribution in [2.45, 2.75) is 51.7 Å². The highest BCUT2D eigenvalue weighted by Gasteiger charge is 2.39. The van der Waals surface area contributed by atoms with Gasteiger partial charge in [-0.2, -0.15) is 0 Å².